The fourth-order valence-corrected chi connectivity index (χ4v) is 3.44. The van der Waals surface area contributed by atoms with Crippen LogP contribution >= 0.6 is 0 Å². The minimum Gasteiger partial charge on any atom is -0.326 e. The number of hydrogen-bond donors (Lipinski definition) is 2. The molecule has 2 aliphatic rings. The number of amides is 2. The van der Waals surface area contributed by atoms with Crippen molar-refractivity contribution in [2.24, 2.45) is 5.92 Å². The van der Waals surface area contributed by atoms with E-state index in [0.29, 0.717) is 12.3 Å². The van der Waals surface area contributed by atoms with Gasteiger partial charge in [0, 0.05) is 17.3 Å². The van der Waals surface area contributed by atoms with E-state index in [1.807, 2.05) is 36.4 Å². The van der Waals surface area contributed by atoms with Crippen LogP contribution in [-0.2, 0) is 16.0 Å². The van der Waals surface area contributed by atoms with Gasteiger partial charge in [0.1, 0.15) is 0 Å². The molecule has 4 rings (SSSR count). The highest BCUT2D eigenvalue weighted by atomic mass is 16.2. The van der Waals surface area contributed by atoms with E-state index in [4.69, 9.17) is 0 Å². The SMILES string of the molecule is O=C1Cc2ccc(NC(=O)C3CCC3c3ccccc3)cc2N1. The van der Waals surface area contributed by atoms with Gasteiger partial charge in [-0.05, 0) is 42.0 Å². The third-order valence-corrected chi connectivity index (χ3v) is 4.84. The molecule has 4 heteroatoms. The van der Waals surface area contributed by atoms with Crippen LogP contribution in [0.5, 0.6) is 0 Å². The maximum Gasteiger partial charge on any atom is 0.228 e. The molecule has 4 nitrogen and oxygen atoms in total. The summed E-state index contributed by atoms with van der Waals surface area (Å²) in [6.07, 6.45) is 2.40. The van der Waals surface area contributed by atoms with Gasteiger partial charge in [0.15, 0.2) is 0 Å². The Morgan fingerprint density at radius 2 is 1.91 bits per heavy atom. The molecule has 2 atom stereocenters. The lowest BCUT2D eigenvalue weighted by atomic mass is 9.69. The molecule has 0 saturated heterocycles. The molecule has 2 amide bonds. The van der Waals surface area contributed by atoms with Crippen LogP contribution in [0.25, 0.3) is 0 Å². The molecule has 1 saturated carbocycles. The largest absolute Gasteiger partial charge is 0.326 e. The minimum atomic E-state index is 0.00612. The zero-order chi connectivity index (χ0) is 15.8. The van der Waals surface area contributed by atoms with Gasteiger partial charge in [-0.15, -0.1) is 0 Å². The molecule has 0 spiro atoms. The zero-order valence-electron chi connectivity index (χ0n) is 12.7. The van der Waals surface area contributed by atoms with Crippen molar-refractivity contribution in [1.29, 1.82) is 0 Å². The monoisotopic (exact) mass is 306 g/mol. The van der Waals surface area contributed by atoms with Crippen LogP contribution in [0.15, 0.2) is 48.5 Å². The summed E-state index contributed by atoms with van der Waals surface area (Å²) < 4.78 is 0. The molecule has 2 N–H and O–H groups in total. The average molecular weight is 306 g/mol. The van der Waals surface area contributed by atoms with Crippen LogP contribution in [0.3, 0.4) is 0 Å². The summed E-state index contributed by atoms with van der Waals surface area (Å²) in [6.45, 7) is 0. The Labute approximate surface area is 134 Å². The van der Waals surface area contributed by atoms with Crippen LogP contribution < -0.4 is 10.6 Å². The maximum atomic E-state index is 12.5. The third-order valence-electron chi connectivity index (χ3n) is 4.84. The Bertz CT molecular complexity index is 770. The summed E-state index contributed by atoms with van der Waals surface area (Å²) in [5.74, 6) is 0.409. The first-order chi connectivity index (χ1) is 11.2. The second-order valence-electron chi connectivity index (χ2n) is 6.29. The number of carbonyl (C=O) groups excluding carboxylic acids is 2. The van der Waals surface area contributed by atoms with Gasteiger partial charge in [-0.3, -0.25) is 9.59 Å². The van der Waals surface area contributed by atoms with E-state index in [2.05, 4.69) is 22.8 Å². The van der Waals surface area contributed by atoms with Gasteiger partial charge >= 0.3 is 0 Å². The molecular weight excluding hydrogens is 288 g/mol. The molecular formula is C19H18N2O2. The van der Waals surface area contributed by atoms with Crippen molar-refractivity contribution in [3.63, 3.8) is 0 Å². The van der Waals surface area contributed by atoms with E-state index in [-0.39, 0.29) is 17.7 Å². The first-order valence-corrected chi connectivity index (χ1v) is 7.99. The Morgan fingerprint density at radius 3 is 2.65 bits per heavy atom. The Hall–Kier alpha value is -2.62. The van der Waals surface area contributed by atoms with Crippen molar-refractivity contribution in [3.05, 3.63) is 59.7 Å². The molecule has 0 bridgehead atoms. The number of benzene rings is 2. The van der Waals surface area contributed by atoms with Gasteiger partial charge in [-0.2, -0.15) is 0 Å². The molecule has 1 aliphatic carbocycles. The van der Waals surface area contributed by atoms with Gasteiger partial charge in [-0.25, -0.2) is 0 Å². The standard InChI is InChI=1S/C19H18N2O2/c22-18-10-13-6-7-14(11-17(13)21-18)20-19(23)16-9-8-15(16)12-4-2-1-3-5-12/h1-7,11,15-16H,8-10H2,(H,20,23)(H,21,22). The van der Waals surface area contributed by atoms with Crippen molar-refractivity contribution >= 4 is 23.2 Å². The smallest absolute Gasteiger partial charge is 0.228 e. The summed E-state index contributed by atoms with van der Waals surface area (Å²) >= 11 is 0. The lowest BCUT2D eigenvalue weighted by molar-refractivity contribution is -0.123. The predicted octanol–water partition coefficient (Wildman–Crippen LogP) is 3.31. The molecule has 2 unspecified atom stereocenters. The first kappa shape index (κ1) is 14.0. The maximum absolute atomic E-state index is 12.5. The Kier molecular flexibility index (Phi) is 3.37. The van der Waals surface area contributed by atoms with Crippen LogP contribution in [0, 0.1) is 5.92 Å². The fraction of sp³-hybridized carbons (Fsp3) is 0.263. The minimum absolute atomic E-state index is 0.00612. The molecule has 1 aliphatic heterocycles. The van der Waals surface area contributed by atoms with Crippen LogP contribution in [0.1, 0.15) is 29.9 Å². The number of nitrogens with one attached hydrogen (secondary N) is 2. The van der Waals surface area contributed by atoms with Crippen molar-refractivity contribution in [3.8, 4) is 0 Å². The normalized spacial score (nSPS) is 22.0. The predicted molar refractivity (Wildman–Crippen MR) is 89.3 cm³/mol. The number of anilines is 2. The zero-order valence-corrected chi connectivity index (χ0v) is 12.7. The van der Waals surface area contributed by atoms with Gasteiger partial charge in [-0.1, -0.05) is 36.4 Å². The quantitative estimate of drug-likeness (QED) is 0.914. The van der Waals surface area contributed by atoms with Crippen LogP contribution in [0.2, 0.25) is 0 Å². The first-order valence-electron chi connectivity index (χ1n) is 7.99. The van der Waals surface area contributed by atoms with E-state index >= 15 is 0 Å². The highest BCUT2D eigenvalue weighted by Crippen LogP contribution is 2.43. The van der Waals surface area contributed by atoms with Crippen LogP contribution in [-0.4, -0.2) is 11.8 Å². The van der Waals surface area contributed by atoms with Crippen molar-refractivity contribution in [2.45, 2.75) is 25.2 Å². The lowest BCUT2D eigenvalue weighted by Gasteiger charge is -2.35. The van der Waals surface area contributed by atoms with Gasteiger partial charge in [0.05, 0.1) is 6.42 Å². The molecule has 1 heterocycles. The van der Waals surface area contributed by atoms with Crippen LogP contribution in [0.4, 0.5) is 11.4 Å². The summed E-state index contributed by atoms with van der Waals surface area (Å²) in [5, 5.41) is 5.81. The van der Waals surface area contributed by atoms with E-state index in [9.17, 15) is 9.59 Å². The summed E-state index contributed by atoms with van der Waals surface area (Å²) in [7, 11) is 0. The second kappa shape index (κ2) is 5.54. The Morgan fingerprint density at radius 1 is 1.09 bits per heavy atom. The van der Waals surface area contributed by atoms with E-state index in [1.54, 1.807) is 0 Å². The molecule has 0 radical (unpaired) electrons. The van der Waals surface area contributed by atoms with Gasteiger partial charge in [0.2, 0.25) is 11.8 Å². The molecule has 116 valence electrons. The topological polar surface area (TPSA) is 58.2 Å². The summed E-state index contributed by atoms with van der Waals surface area (Å²) in [6, 6.07) is 15.8. The third kappa shape index (κ3) is 2.61. The number of fused-ring (bicyclic) bond motifs is 1. The lowest BCUT2D eigenvalue weighted by Crippen LogP contribution is -2.35. The number of carbonyl (C=O) groups is 2. The molecule has 2 aromatic carbocycles. The number of hydrogen-bond acceptors (Lipinski definition) is 2. The second-order valence-corrected chi connectivity index (χ2v) is 6.29. The highest BCUT2D eigenvalue weighted by Gasteiger charge is 2.37. The Balaban J connectivity index is 1.46. The van der Waals surface area contributed by atoms with Gasteiger partial charge in [0.25, 0.3) is 0 Å². The highest BCUT2D eigenvalue weighted by molar-refractivity contribution is 6.01. The summed E-state index contributed by atoms with van der Waals surface area (Å²) in [4.78, 5) is 23.9. The van der Waals surface area contributed by atoms with E-state index in [0.717, 1.165) is 29.8 Å². The average Bonchev–Trinajstić information content (AvgIpc) is 2.86. The molecule has 23 heavy (non-hydrogen) atoms. The van der Waals surface area contributed by atoms with Crippen molar-refractivity contribution in [1.82, 2.24) is 0 Å². The summed E-state index contributed by atoms with van der Waals surface area (Å²) in [5.41, 5.74) is 3.77. The van der Waals surface area contributed by atoms with E-state index in [1.165, 1.54) is 5.56 Å². The fourth-order valence-electron chi connectivity index (χ4n) is 3.44. The van der Waals surface area contributed by atoms with Crippen molar-refractivity contribution < 1.29 is 9.59 Å². The number of rotatable bonds is 3. The molecule has 2 aromatic rings. The van der Waals surface area contributed by atoms with Gasteiger partial charge < -0.3 is 10.6 Å². The molecule has 1 fully saturated rings. The molecule has 0 aromatic heterocycles. The van der Waals surface area contributed by atoms with Crippen molar-refractivity contribution in [2.75, 3.05) is 10.6 Å². The van der Waals surface area contributed by atoms with E-state index < -0.39 is 0 Å².